The number of hydrogen-bond donors (Lipinski definition) is 3. The molecule has 1 aliphatic heterocycles. The summed E-state index contributed by atoms with van der Waals surface area (Å²) in [5, 5.41) is 9.53. The van der Waals surface area contributed by atoms with Crippen molar-refractivity contribution in [2.75, 3.05) is 19.6 Å². The molecule has 0 aliphatic carbocycles. The molecule has 1 fully saturated rings. The van der Waals surface area contributed by atoms with Gasteiger partial charge in [-0.15, -0.1) is 0 Å². The maximum absolute atomic E-state index is 11.8. The van der Waals surface area contributed by atoms with E-state index in [1.54, 1.807) is 0 Å². The third-order valence-electron chi connectivity index (χ3n) is 3.26. The Hall–Kier alpha value is -0.920. The second-order valence-corrected chi connectivity index (χ2v) is 6.24. The van der Waals surface area contributed by atoms with E-state index in [1.807, 2.05) is 0 Å². The zero-order valence-electron chi connectivity index (χ0n) is 9.81. The monoisotopic (exact) mass is 258 g/mol. The Balaban J connectivity index is 1.93. The molecule has 2 unspecified atom stereocenters. The molecule has 7 heteroatoms. The summed E-state index contributed by atoms with van der Waals surface area (Å²) in [6, 6.07) is 1.45. The van der Waals surface area contributed by atoms with E-state index >= 15 is 0 Å². The molecule has 6 nitrogen and oxygen atoms in total. The van der Waals surface area contributed by atoms with E-state index in [-0.39, 0.29) is 5.03 Å². The van der Waals surface area contributed by atoms with Gasteiger partial charge < -0.3 is 5.32 Å². The summed E-state index contributed by atoms with van der Waals surface area (Å²) in [6.45, 7) is 4.54. The van der Waals surface area contributed by atoms with Gasteiger partial charge in [0.15, 0.2) is 5.03 Å². The van der Waals surface area contributed by atoms with Crippen LogP contribution in [0.5, 0.6) is 0 Å². The minimum atomic E-state index is -3.43. The van der Waals surface area contributed by atoms with Gasteiger partial charge in [-0.1, -0.05) is 6.92 Å². The number of aromatic amines is 1. The summed E-state index contributed by atoms with van der Waals surface area (Å²) in [7, 11) is -3.43. The summed E-state index contributed by atoms with van der Waals surface area (Å²) in [6.07, 6.45) is 2.44. The molecule has 1 aromatic heterocycles. The second-order valence-electron chi connectivity index (χ2n) is 4.50. The molecular formula is C10H18N4O2S. The Bertz CT molecular complexity index is 443. The molecular weight excluding hydrogens is 240 g/mol. The van der Waals surface area contributed by atoms with E-state index in [4.69, 9.17) is 0 Å². The van der Waals surface area contributed by atoms with Gasteiger partial charge in [0, 0.05) is 6.54 Å². The van der Waals surface area contributed by atoms with Crippen molar-refractivity contribution >= 4 is 10.0 Å². The van der Waals surface area contributed by atoms with Gasteiger partial charge in [0.05, 0.1) is 6.20 Å². The lowest BCUT2D eigenvalue weighted by Gasteiger charge is -2.29. The fourth-order valence-electron chi connectivity index (χ4n) is 2.06. The highest BCUT2D eigenvalue weighted by atomic mass is 32.2. The fraction of sp³-hybridized carbons (Fsp3) is 0.700. The maximum atomic E-state index is 11.8. The minimum absolute atomic E-state index is 0.124. The summed E-state index contributed by atoms with van der Waals surface area (Å²) in [5.41, 5.74) is 0. The lowest BCUT2D eigenvalue weighted by molar-refractivity contribution is 0.274. The predicted octanol–water partition coefficient (Wildman–Crippen LogP) is -0.0664. The van der Waals surface area contributed by atoms with E-state index in [0.717, 1.165) is 19.5 Å². The van der Waals surface area contributed by atoms with Gasteiger partial charge >= 0.3 is 0 Å². The van der Waals surface area contributed by atoms with Gasteiger partial charge in [-0.25, -0.2) is 13.1 Å². The van der Waals surface area contributed by atoms with Crippen LogP contribution in [0.25, 0.3) is 0 Å². The molecule has 2 rings (SSSR count). The Labute approximate surface area is 101 Å². The number of rotatable bonds is 4. The molecule has 96 valence electrons. The third kappa shape index (κ3) is 3.05. The van der Waals surface area contributed by atoms with Crippen LogP contribution in [0, 0.1) is 11.8 Å². The average Bonchev–Trinajstić information content (AvgIpc) is 2.82. The van der Waals surface area contributed by atoms with Crippen molar-refractivity contribution in [2.24, 2.45) is 11.8 Å². The zero-order chi connectivity index (χ0) is 12.3. The molecule has 0 radical (unpaired) electrons. The van der Waals surface area contributed by atoms with Crippen molar-refractivity contribution in [3.05, 3.63) is 12.3 Å². The lowest BCUT2D eigenvalue weighted by atomic mass is 9.88. The van der Waals surface area contributed by atoms with Crippen LogP contribution in [-0.2, 0) is 10.0 Å². The number of H-pyrrole nitrogens is 1. The highest BCUT2D eigenvalue weighted by Gasteiger charge is 2.23. The normalized spacial score (nSPS) is 25.9. The molecule has 0 aromatic carbocycles. The SMILES string of the molecule is CC1CNCCC1CNS(=O)(=O)c1ccn[nH]1. The fourth-order valence-corrected chi connectivity index (χ4v) is 3.06. The first-order valence-electron chi connectivity index (χ1n) is 5.79. The first kappa shape index (κ1) is 12.5. The molecule has 2 heterocycles. The van der Waals surface area contributed by atoms with Crippen molar-refractivity contribution in [3.63, 3.8) is 0 Å². The number of piperidine rings is 1. The molecule has 0 saturated carbocycles. The molecule has 17 heavy (non-hydrogen) atoms. The number of hydrogen-bond acceptors (Lipinski definition) is 4. The number of nitrogens with zero attached hydrogens (tertiary/aromatic N) is 1. The largest absolute Gasteiger partial charge is 0.316 e. The standard InChI is InChI=1S/C10H18N4O2S/c1-8-6-11-4-2-9(8)7-13-17(15,16)10-3-5-12-14-10/h3,5,8-9,11,13H,2,4,6-7H2,1H3,(H,12,14). The molecule has 1 saturated heterocycles. The van der Waals surface area contributed by atoms with Crippen LogP contribution in [0.4, 0.5) is 0 Å². The molecule has 0 bridgehead atoms. The maximum Gasteiger partial charge on any atom is 0.257 e. The molecule has 1 aromatic rings. The third-order valence-corrected chi connectivity index (χ3v) is 4.62. The van der Waals surface area contributed by atoms with Crippen molar-refractivity contribution in [2.45, 2.75) is 18.4 Å². The van der Waals surface area contributed by atoms with Crippen LogP contribution >= 0.6 is 0 Å². The van der Waals surface area contributed by atoms with Gasteiger partial charge in [0.2, 0.25) is 0 Å². The quantitative estimate of drug-likeness (QED) is 0.706. The Morgan fingerprint density at radius 2 is 2.41 bits per heavy atom. The summed E-state index contributed by atoms with van der Waals surface area (Å²) >= 11 is 0. The smallest absolute Gasteiger partial charge is 0.257 e. The van der Waals surface area contributed by atoms with Crippen LogP contribution in [0.15, 0.2) is 17.3 Å². The Morgan fingerprint density at radius 1 is 1.59 bits per heavy atom. The van der Waals surface area contributed by atoms with Crippen molar-refractivity contribution < 1.29 is 8.42 Å². The highest BCUT2D eigenvalue weighted by Crippen LogP contribution is 2.18. The van der Waals surface area contributed by atoms with Gasteiger partial charge in [-0.3, -0.25) is 5.10 Å². The van der Waals surface area contributed by atoms with E-state index in [0.29, 0.717) is 18.4 Å². The molecule has 2 atom stereocenters. The molecule has 1 aliphatic rings. The van der Waals surface area contributed by atoms with Crippen LogP contribution in [0.1, 0.15) is 13.3 Å². The highest BCUT2D eigenvalue weighted by molar-refractivity contribution is 7.89. The summed E-state index contributed by atoms with van der Waals surface area (Å²) in [4.78, 5) is 0. The minimum Gasteiger partial charge on any atom is -0.316 e. The topological polar surface area (TPSA) is 86.9 Å². The van der Waals surface area contributed by atoms with Crippen molar-refractivity contribution in [1.82, 2.24) is 20.2 Å². The average molecular weight is 258 g/mol. The van der Waals surface area contributed by atoms with Crippen LogP contribution < -0.4 is 10.0 Å². The molecule has 0 spiro atoms. The van der Waals surface area contributed by atoms with E-state index < -0.39 is 10.0 Å². The van der Waals surface area contributed by atoms with Crippen LogP contribution in [-0.4, -0.2) is 38.2 Å². The second kappa shape index (κ2) is 5.16. The van der Waals surface area contributed by atoms with Gasteiger partial charge in [0.25, 0.3) is 10.0 Å². The number of nitrogens with one attached hydrogen (secondary N) is 3. The zero-order valence-corrected chi connectivity index (χ0v) is 10.6. The Morgan fingerprint density at radius 3 is 3.06 bits per heavy atom. The number of aromatic nitrogens is 2. The molecule has 3 N–H and O–H groups in total. The first-order chi connectivity index (χ1) is 8.09. The lowest BCUT2D eigenvalue weighted by Crippen LogP contribution is -2.41. The van der Waals surface area contributed by atoms with E-state index in [2.05, 4.69) is 27.2 Å². The van der Waals surface area contributed by atoms with Gasteiger partial charge in [0.1, 0.15) is 0 Å². The Kier molecular flexibility index (Phi) is 3.80. The molecule has 0 amide bonds. The van der Waals surface area contributed by atoms with E-state index in [9.17, 15) is 8.42 Å². The van der Waals surface area contributed by atoms with Crippen molar-refractivity contribution in [1.29, 1.82) is 0 Å². The van der Waals surface area contributed by atoms with Gasteiger partial charge in [-0.2, -0.15) is 5.10 Å². The predicted molar refractivity (Wildman–Crippen MR) is 63.9 cm³/mol. The van der Waals surface area contributed by atoms with E-state index in [1.165, 1.54) is 12.3 Å². The first-order valence-corrected chi connectivity index (χ1v) is 7.27. The van der Waals surface area contributed by atoms with Crippen LogP contribution in [0.3, 0.4) is 0 Å². The number of sulfonamides is 1. The van der Waals surface area contributed by atoms with Crippen LogP contribution in [0.2, 0.25) is 0 Å². The summed E-state index contributed by atoms with van der Waals surface area (Å²) in [5.74, 6) is 0.891. The van der Waals surface area contributed by atoms with Crippen molar-refractivity contribution in [3.8, 4) is 0 Å². The summed E-state index contributed by atoms with van der Waals surface area (Å²) < 4.78 is 26.3. The van der Waals surface area contributed by atoms with Gasteiger partial charge in [-0.05, 0) is 37.4 Å².